The fraction of sp³-hybridized carbons (Fsp3) is 0.0556. The molecule has 3 rings (SSSR count). The number of benzene rings is 2. The number of nitrogens with zero attached hydrogens (tertiary/aromatic N) is 1. The van der Waals surface area contributed by atoms with Crippen molar-refractivity contribution in [2.75, 3.05) is 11.9 Å². The monoisotopic (exact) mass is 482 g/mol. The van der Waals surface area contributed by atoms with Gasteiger partial charge in [0.1, 0.15) is 5.82 Å². The van der Waals surface area contributed by atoms with E-state index in [1.165, 1.54) is 23.5 Å². The Labute approximate surface area is 166 Å². The van der Waals surface area contributed by atoms with Crippen molar-refractivity contribution in [2.45, 2.75) is 0 Å². The van der Waals surface area contributed by atoms with Crippen LogP contribution < -0.4 is 5.32 Å². The average molecular weight is 482 g/mol. The van der Waals surface area contributed by atoms with Crippen molar-refractivity contribution >= 4 is 50.9 Å². The zero-order valence-electron chi connectivity index (χ0n) is 13.2. The summed E-state index contributed by atoms with van der Waals surface area (Å²) >= 11 is 3.36. The van der Waals surface area contributed by atoms with Gasteiger partial charge >= 0.3 is 5.97 Å². The number of nitrogens with one attached hydrogen (secondary N) is 1. The van der Waals surface area contributed by atoms with Crippen LogP contribution in [-0.2, 0) is 9.53 Å². The lowest BCUT2D eigenvalue weighted by atomic mass is 10.2. The Morgan fingerprint density at radius 3 is 2.50 bits per heavy atom. The summed E-state index contributed by atoms with van der Waals surface area (Å²) in [6.45, 7) is -0.406. The lowest BCUT2D eigenvalue weighted by Gasteiger charge is -2.04. The molecule has 0 aliphatic heterocycles. The lowest BCUT2D eigenvalue weighted by molar-refractivity contribution is -0.119. The molecule has 0 saturated heterocycles. The van der Waals surface area contributed by atoms with Crippen LogP contribution >= 0.6 is 33.9 Å². The number of halogens is 2. The van der Waals surface area contributed by atoms with E-state index in [1.54, 1.807) is 41.8 Å². The first-order valence-electron chi connectivity index (χ1n) is 7.45. The van der Waals surface area contributed by atoms with Crippen LogP contribution in [0.15, 0.2) is 53.9 Å². The Balaban J connectivity index is 1.54. The summed E-state index contributed by atoms with van der Waals surface area (Å²) < 4.78 is 18.9. The van der Waals surface area contributed by atoms with Crippen molar-refractivity contribution < 1.29 is 18.7 Å². The summed E-state index contributed by atoms with van der Waals surface area (Å²) in [4.78, 5) is 28.1. The topological polar surface area (TPSA) is 68.3 Å². The van der Waals surface area contributed by atoms with E-state index in [9.17, 15) is 14.0 Å². The first-order chi connectivity index (χ1) is 12.5. The molecule has 1 N–H and O–H groups in total. The van der Waals surface area contributed by atoms with E-state index >= 15 is 0 Å². The summed E-state index contributed by atoms with van der Waals surface area (Å²) in [6, 6.07) is 12.7. The van der Waals surface area contributed by atoms with Gasteiger partial charge in [-0.25, -0.2) is 14.2 Å². The van der Waals surface area contributed by atoms with Crippen molar-refractivity contribution in [2.24, 2.45) is 0 Å². The SMILES string of the molecule is O=C(COC(=O)c1ccc(I)cc1)Nc1nc(-c2ccc(F)cc2)cs1. The van der Waals surface area contributed by atoms with E-state index in [0.29, 0.717) is 16.4 Å². The molecule has 26 heavy (non-hydrogen) atoms. The highest BCUT2D eigenvalue weighted by molar-refractivity contribution is 14.1. The molecular formula is C18H12FIN2O3S. The number of carbonyl (C=O) groups is 2. The first-order valence-corrected chi connectivity index (χ1v) is 9.41. The van der Waals surface area contributed by atoms with Gasteiger partial charge in [-0.05, 0) is 71.1 Å². The molecule has 1 amide bonds. The molecule has 0 spiro atoms. The third-order valence-corrected chi connectivity index (χ3v) is 4.78. The van der Waals surface area contributed by atoms with Crippen LogP contribution in [0.4, 0.5) is 9.52 Å². The van der Waals surface area contributed by atoms with E-state index in [4.69, 9.17) is 4.74 Å². The highest BCUT2D eigenvalue weighted by Gasteiger charge is 2.12. The Hall–Kier alpha value is -2.33. The van der Waals surface area contributed by atoms with Crippen LogP contribution in [0.5, 0.6) is 0 Å². The predicted octanol–water partition coefficient (Wildman–Crippen LogP) is 4.35. The third-order valence-electron chi connectivity index (χ3n) is 3.30. The molecule has 0 saturated carbocycles. The molecule has 0 aliphatic rings. The van der Waals surface area contributed by atoms with Crippen molar-refractivity contribution in [3.05, 3.63) is 68.9 Å². The zero-order valence-corrected chi connectivity index (χ0v) is 16.2. The smallest absolute Gasteiger partial charge is 0.338 e. The van der Waals surface area contributed by atoms with Gasteiger partial charge in [0, 0.05) is 14.5 Å². The summed E-state index contributed by atoms with van der Waals surface area (Å²) in [7, 11) is 0. The van der Waals surface area contributed by atoms with E-state index in [-0.39, 0.29) is 5.82 Å². The van der Waals surface area contributed by atoms with Gasteiger partial charge in [-0.2, -0.15) is 0 Å². The van der Waals surface area contributed by atoms with E-state index < -0.39 is 18.5 Å². The number of thiazole rings is 1. The second-order valence-corrected chi connectivity index (χ2v) is 7.28. The number of anilines is 1. The molecule has 3 aromatic rings. The third kappa shape index (κ3) is 4.85. The highest BCUT2D eigenvalue weighted by atomic mass is 127. The molecule has 2 aromatic carbocycles. The summed E-state index contributed by atoms with van der Waals surface area (Å²) in [5.74, 6) is -1.38. The van der Waals surface area contributed by atoms with Crippen molar-refractivity contribution in [1.82, 2.24) is 4.98 Å². The normalized spacial score (nSPS) is 10.4. The minimum absolute atomic E-state index is 0.326. The van der Waals surface area contributed by atoms with Gasteiger partial charge in [-0.1, -0.05) is 0 Å². The Kier molecular flexibility index (Phi) is 5.94. The largest absolute Gasteiger partial charge is 0.452 e. The van der Waals surface area contributed by atoms with Gasteiger partial charge in [0.05, 0.1) is 11.3 Å². The second-order valence-electron chi connectivity index (χ2n) is 5.18. The molecular weight excluding hydrogens is 470 g/mol. The second kappa shape index (κ2) is 8.37. The van der Waals surface area contributed by atoms with Crippen molar-refractivity contribution in [3.63, 3.8) is 0 Å². The fourth-order valence-electron chi connectivity index (χ4n) is 2.04. The summed E-state index contributed by atoms with van der Waals surface area (Å²) in [5.41, 5.74) is 1.75. The standard InChI is InChI=1S/C18H12FIN2O3S/c19-13-5-1-11(2-6-13)15-10-26-18(21-15)22-16(23)9-25-17(24)12-3-7-14(20)8-4-12/h1-8,10H,9H2,(H,21,22,23). The number of esters is 1. The zero-order chi connectivity index (χ0) is 18.5. The number of aromatic nitrogens is 1. The maximum absolute atomic E-state index is 13.0. The molecule has 0 radical (unpaired) electrons. The van der Waals surface area contributed by atoms with Gasteiger partial charge in [0.25, 0.3) is 5.91 Å². The summed E-state index contributed by atoms with van der Waals surface area (Å²) in [6.07, 6.45) is 0. The minimum Gasteiger partial charge on any atom is -0.452 e. The Morgan fingerprint density at radius 2 is 1.81 bits per heavy atom. The van der Waals surface area contributed by atoms with Crippen LogP contribution in [0.2, 0.25) is 0 Å². The van der Waals surface area contributed by atoms with Gasteiger partial charge in [-0.15, -0.1) is 11.3 Å². The van der Waals surface area contributed by atoms with Crippen LogP contribution in [0.1, 0.15) is 10.4 Å². The molecule has 1 heterocycles. The van der Waals surface area contributed by atoms with Crippen LogP contribution in [-0.4, -0.2) is 23.5 Å². The molecule has 1 aromatic heterocycles. The van der Waals surface area contributed by atoms with E-state index in [2.05, 4.69) is 32.9 Å². The number of hydrogen-bond acceptors (Lipinski definition) is 5. The Morgan fingerprint density at radius 1 is 1.12 bits per heavy atom. The maximum Gasteiger partial charge on any atom is 0.338 e. The van der Waals surface area contributed by atoms with Crippen LogP contribution in [0.25, 0.3) is 11.3 Å². The number of ether oxygens (including phenoxy) is 1. The molecule has 0 bridgehead atoms. The predicted molar refractivity (Wildman–Crippen MR) is 106 cm³/mol. The fourth-order valence-corrected chi connectivity index (χ4v) is 3.14. The number of amides is 1. The van der Waals surface area contributed by atoms with Crippen molar-refractivity contribution in [1.29, 1.82) is 0 Å². The van der Waals surface area contributed by atoms with Crippen LogP contribution in [0.3, 0.4) is 0 Å². The maximum atomic E-state index is 13.0. The molecule has 0 atom stereocenters. The van der Waals surface area contributed by atoms with E-state index in [1.807, 2.05) is 0 Å². The molecule has 5 nitrogen and oxygen atoms in total. The van der Waals surface area contributed by atoms with Gasteiger partial charge in [-0.3, -0.25) is 10.1 Å². The molecule has 0 unspecified atom stereocenters. The molecule has 132 valence electrons. The lowest BCUT2D eigenvalue weighted by Crippen LogP contribution is -2.20. The van der Waals surface area contributed by atoms with E-state index in [0.717, 1.165) is 9.13 Å². The minimum atomic E-state index is -0.567. The van der Waals surface area contributed by atoms with Gasteiger partial charge in [0.2, 0.25) is 0 Å². The molecule has 0 aliphatic carbocycles. The number of carbonyl (C=O) groups excluding carboxylic acids is 2. The summed E-state index contributed by atoms with van der Waals surface area (Å²) in [5, 5.41) is 4.70. The number of hydrogen-bond donors (Lipinski definition) is 1. The van der Waals surface area contributed by atoms with Crippen molar-refractivity contribution in [3.8, 4) is 11.3 Å². The molecule has 0 fully saturated rings. The highest BCUT2D eigenvalue weighted by Crippen LogP contribution is 2.25. The molecule has 8 heteroatoms. The first kappa shape index (κ1) is 18.5. The quantitative estimate of drug-likeness (QED) is 0.434. The van der Waals surface area contributed by atoms with Crippen LogP contribution in [0, 0.1) is 9.39 Å². The average Bonchev–Trinajstić information content (AvgIpc) is 3.09. The van der Waals surface area contributed by atoms with Gasteiger partial charge in [0.15, 0.2) is 11.7 Å². The Bertz CT molecular complexity index is 926. The number of rotatable bonds is 5. The van der Waals surface area contributed by atoms with Gasteiger partial charge < -0.3 is 4.74 Å².